The van der Waals surface area contributed by atoms with Crippen LogP contribution in [0.4, 0.5) is 0 Å². The van der Waals surface area contributed by atoms with Crippen LogP contribution in [0, 0.1) is 17.8 Å². The molecule has 4 atom stereocenters. The SMILES string of the molecule is CC1CCCC2c3ccc(O)cc3CCC2C(C)CC1. The van der Waals surface area contributed by atoms with Crippen LogP contribution >= 0.6 is 0 Å². The molecule has 1 heteroatoms. The number of benzene rings is 1. The lowest BCUT2D eigenvalue weighted by molar-refractivity contribution is 0.243. The molecule has 1 saturated carbocycles. The van der Waals surface area contributed by atoms with Crippen molar-refractivity contribution in [2.24, 2.45) is 17.8 Å². The van der Waals surface area contributed by atoms with Gasteiger partial charge in [0.05, 0.1) is 0 Å². The van der Waals surface area contributed by atoms with E-state index in [1.54, 1.807) is 5.56 Å². The van der Waals surface area contributed by atoms with E-state index in [1.807, 2.05) is 12.1 Å². The Hall–Kier alpha value is -0.980. The van der Waals surface area contributed by atoms with Crippen molar-refractivity contribution >= 4 is 0 Å². The molecule has 1 fully saturated rings. The van der Waals surface area contributed by atoms with Gasteiger partial charge in [-0.25, -0.2) is 0 Å². The number of aromatic hydroxyl groups is 1. The first-order valence-corrected chi connectivity index (χ1v) is 8.47. The van der Waals surface area contributed by atoms with Crippen LogP contribution in [-0.2, 0) is 6.42 Å². The molecule has 0 aromatic heterocycles. The fourth-order valence-corrected chi connectivity index (χ4v) is 4.57. The normalized spacial score (nSPS) is 34.3. The molecular formula is C19H28O. The van der Waals surface area contributed by atoms with Gasteiger partial charge < -0.3 is 5.11 Å². The van der Waals surface area contributed by atoms with Gasteiger partial charge in [-0.15, -0.1) is 0 Å². The molecule has 0 aliphatic heterocycles. The second-order valence-electron chi connectivity index (χ2n) is 7.28. The van der Waals surface area contributed by atoms with Gasteiger partial charge >= 0.3 is 0 Å². The van der Waals surface area contributed by atoms with Crippen molar-refractivity contribution in [1.82, 2.24) is 0 Å². The third-order valence-electron chi connectivity index (χ3n) is 5.85. The van der Waals surface area contributed by atoms with E-state index in [-0.39, 0.29) is 0 Å². The predicted molar refractivity (Wildman–Crippen MR) is 84.1 cm³/mol. The summed E-state index contributed by atoms with van der Waals surface area (Å²) in [5.41, 5.74) is 2.95. The lowest BCUT2D eigenvalue weighted by Crippen LogP contribution is -2.26. The van der Waals surface area contributed by atoms with Crippen molar-refractivity contribution in [3.8, 4) is 5.75 Å². The number of aryl methyl sites for hydroxylation is 1. The molecular weight excluding hydrogens is 244 g/mol. The second-order valence-corrected chi connectivity index (χ2v) is 7.28. The zero-order valence-corrected chi connectivity index (χ0v) is 12.9. The molecule has 0 spiro atoms. The molecule has 0 bridgehead atoms. The number of rotatable bonds is 0. The summed E-state index contributed by atoms with van der Waals surface area (Å²) in [5.74, 6) is 3.78. The van der Waals surface area contributed by atoms with Crippen molar-refractivity contribution in [1.29, 1.82) is 0 Å². The van der Waals surface area contributed by atoms with Gasteiger partial charge in [-0.3, -0.25) is 0 Å². The van der Waals surface area contributed by atoms with Gasteiger partial charge in [0.1, 0.15) is 5.75 Å². The zero-order valence-electron chi connectivity index (χ0n) is 12.9. The fraction of sp³-hybridized carbons (Fsp3) is 0.684. The summed E-state index contributed by atoms with van der Waals surface area (Å²) < 4.78 is 0. The van der Waals surface area contributed by atoms with Crippen molar-refractivity contribution in [3.05, 3.63) is 29.3 Å². The van der Waals surface area contributed by atoms with Crippen LogP contribution in [0.2, 0.25) is 0 Å². The maximum Gasteiger partial charge on any atom is 0.115 e. The fourth-order valence-electron chi connectivity index (χ4n) is 4.57. The highest BCUT2D eigenvalue weighted by Gasteiger charge is 2.33. The minimum Gasteiger partial charge on any atom is -0.508 e. The van der Waals surface area contributed by atoms with Gasteiger partial charge in [-0.2, -0.15) is 0 Å². The average molecular weight is 272 g/mol. The van der Waals surface area contributed by atoms with Gasteiger partial charge in [0.2, 0.25) is 0 Å². The molecule has 1 nitrogen and oxygen atoms in total. The Morgan fingerprint density at radius 1 is 1.00 bits per heavy atom. The van der Waals surface area contributed by atoms with Crippen LogP contribution in [-0.4, -0.2) is 5.11 Å². The average Bonchev–Trinajstić information content (AvgIpc) is 2.50. The highest BCUT2D eigenvalue weighted by molar-refractivity contribution is 5.39. The van der Waals surface area contributed by atoms with E-state index in [2.05, 4.69) is 19.9 Å². The first-order chi connectivity index (χ1) is 9.65. The lowest BCUT2D eigenvalue weighted by atomic mass is 9.68. The van der Waals surface area contributed by atoms with Crippen LogP contribution in [0.3, 0.4) is 0 Å². The Morgan fingerprint density at radius 2 is 1.85 bits per heavy atom. The number of hydrogen-bond donors (Lipinski definition) is 1. The first-order valence-electron chi connectivity index (χ1n) is 8.47. The Balaban J connectivity index is 1.90. The molecule has 2 aliphatic carbocycles. The second kappa shape index (κ2) is 5.79. The van der Waals surface area contributed by atoms with Crippen LogP contribution in [0.1, 0.15) is 69.4 Å². The zero-order chi connectivity index (χ0) is 14.1. The third kappa shape index (κ3) is 2.73. The van der Waals surface area contributed by atoms with Crippen molar-refractivity contribution < 1.29 is 5.11 Å². The summed E-state index contributed by atoms with van der Waals surface area (Å²) in [6, 6.07) is 6.10. The Kier molecular flexibility index (Phi) is 4.05. The maximum absolute atomic E-state index is 9.72. The number of phenols is 1. The van der Waals surface area contributed by atoms with Gasteiger partial charge in [0.15, 0.2) is 0 Å². The maximum atomic E-state index is 9.72. The summed E-state index contributed by atoms with van der Waals surface area (Å²) in [6.07, 6.45) is 9.39. The number of hydrogen-bond acceptors (Lipinski definition) is 1. The molecule has 20 heavy (non-hydrogen) atoms. The van der Waals surface area contributed by atoms with E-state index in [4.69, 9.17) is 0 Å². The minimum atomic E-state index is 0.437. The van der Waals surface area contributed by atoms with Gasteiger partial charge in [-0.05, 0) is 66.2 Å². The quantitative estimate of drug-likeness (QED) is 0.681. The van der Waals surface area contributed by atoms with E-state index in [0.29, 0.717) is 5.75 Å². The van der Waals surface area contributed by atoms with Gasteiger partial charge in [-0.1, -0.05) is 45.6 Å². The minimum absolute atomic E-state index is 0.437. The van der Waals surface area contributed by atoms with Crippen molar-refractivity contribution in [2.45, 2.75) is 64.7 Å². The van der Waals surface area contributed by atoms with Crippen molar-refractivity contribution in [2.75, 3.05) is 0 Å². The molecule has 1 aromatic rings. The van der Waals surface area contributed by atoms with E-state index >= 15 is 0 Å². The standard InChI is InChI=1S/C19H28O/c1-13-4-3-5-19-17(14(2)7-6-13)10-8-15-12-16(20)9-11-18(15)19/h9,11-14,17,19-20H,3-8,10H2,1-2H3. The summed E-state index contributed by atoms with van der Waals surface area (Å²) in [6.45, 7) is 4.90. The lowest BCUT2D eigenvalue weighted by Gasteiger charge is -2.37. The molecule has 1 N–H and O–H groups in total. The van der Waals surface area contributed by atoms with E-state index < -0.39 is 0 Å². The Bertz CT molecular complexity index is 465. The van der Waals surface area contributed by atoms with Crippen LogP contribution in [0.5, 0.6) is 5.75 Å². The first kappa shape index (κ1) is 14.0. The molecule has 0 radical (unpaired) electrons. The van der Waals surface area contributed by atoms with Crippen molar-refractivity contribution in [3.63, 3.8) is 0 Å². The Labute approximate surface area is 123 Å². The molecule has 0 saturated heterocycles. The predicted octanol–water partition coefficient (Wildman–Crippen LogP) is 5.27. The number of fused-ring (bicyclic) bond motifs is 3. The molecule has 2 aliphatic rings. The van der Waals surface area contributed by atoms with E-state index in [1.165, 1.54) is 44.1 Å². The summed E-state index contributed by atoms with van der Waals surface area (Å²) in [7, 11) is 0. The largest absolute Gasteiger partial charge is 0.508 e. The molecule has 4 unspecified atom stereocenters. The Morgan fingerprint density at radius 3 is 2.70 bits per heavy atom. The molecule has 1 aromatic carbocycles. The molecule has 110 valence electrons. The van der Waals surface area contributed by atoms with Crippen LogP contribution < -0.4 is 0 Å². The van der Waals surface area contributed by atoms with Gasteiger partial charge in [0, 0.05) is 0 Å². The summed E-state index contributed by atoms with van der Waals surface area (Å²) in [4.78, 5) is 0. The van der Waals surface area contributed by atoms with E-state index in [0.717, 1.165) is 30.1 Å². The summed E-state index contributed by atoms with van der Waals surface area (Å²) in [5, 5.41) is 9.72. The highest BCUT2D eigenvalue weighted by atomic mass is 16.3. The molecule has 3 rings (SSSR count). The third-order valence-corrected chi connectivity index (χ3v) is 5.85. The van der Waals surface area contributed by atoms with Gasteiger partial charge in [0.25, 0.3) is 0 Å². The molecule has 0 heterocycles. The van der Waals surface area contributed by atoms with Crippen LogP contribution in [0.25, 0.3) is 0 Å². The van der Waals surface area contributed by atoms with E-state index in [9.17, 15) is 5.11 Å². The summed E-state index contributed by atoms with van der Waals surface area (Å²) >= 11 is 0. The smallest absolute Gasteiger partial charge is 0.115 e. The highest BCUT2D eigenvalue weighted by Crippen LogP contribution is 2.46. The topological polar surface area (TPSA) is 20.2 Å². The number of phenolic OH excluding ortho intramolecular Hbond substituents is 1. The monoisotopic (exact) mass is 272 g/mol. The van der Waals surface area contributed by atoms with Crippen LogP contribution in [0.15, 0.2) is 18.2 Å². The molecule has 0 amide bonds.